The summed E-state index contributed by atoms with van der Waals surface area (Å²) in [5, 5.41) is 4.07. The van der Waals surface area contributed by atoms with Crippen LogP contribution in [0.3, 0.4) is 0 Å². The summed E-state index contributed by atoms with van der Waals surface area (Å²) in [7, 11) is 0. The predicted molar refractivity (Wildman–Crippen MR) is 154 cm³/mol. The molecule has 2 unspecified atom stereocenters. The van der Waals surface area contributed by atoms with Gasteiger partial charge in [0.2, 0.25) is 5.91 Å². The zero-order valence-corrected chi connectivity index (χ0v) is 23.8. The number of aryl methyl sites for hydroxylation is 3. The number of hydrogen-bond acceptors (Lipinski definition) is 4. The Morgan fingerprint density at radius 2 is 1.61 bits per heavy atom. The van der Waals surface area contributed by atoms with Crippen LogP contribution in [0.2, 0.25) is 5.02 Å². The third-order valence-corrected chi connectivity index (χ3v) is 9.23. The molecule has 3 aliphatic rings. The average Bonchev–Trinajstić information content (AvgIpc) is 3.47. The van der Waals surface area contributed by atoms with Crippen LogP contribution < -0.4 is 10.2 Å². The van der Waals surface area contributed by atoms with Gasteiger partial charge in [0.1, 0.15) is 0 Å². The molecule has 0 spiro atoms. The monoisotopic (exact) mass is 536 g/mol. The molecule has 2 atom stereocenters. The van der Waals surface area contributed by atoms with Gasteiger partial charge in [-0.3, -0.25) is 9.59 Å². The SMILES string of the molecule is Cc1ccc(N(CCCN2CC3CN(C(=O)c4c(C)cccc4C)CC3C2)C(=O)C2CCNCC2)cc1Cl. The van der Waals surface area contributed by atoms with E-state index in [2.05, 4.69) is 15.1 Å². The second kappa shape index (κ2) is 11.8. The van der Waals surface area contributed by atoms with Crippen molar-refractivity contribution in [2.45, 2.75) is 40.0 Å². The number of carbonyl (C=O) groups excluding carboxylic acids is 2. The van der Waals surface area contributed by atoms with E-state index >= 15 is 0 Å². The van der Waals surface area contributed by atoms with E-state index in [9.17, 15) is 9.59 Å². The molecule has 6 nitrogen and oxygen atoms in total. The molecule has 2 aromatic carbocycles. The van der Waals surface area contributed by atoms with Crippen LogP contribution in [0.1, 0.15) is 46.3 Å². The number of anilines is 1. The first-order valence-electron chi connectivity index (χ1n) is 14.2. The summed E-state index contributed by atoms with van der Waals surface area (Å²) in [6.45, 7) is 13.3. The quantitative estimate of drug-likeness (QED) is 0.557. The Labute approximate surface area is 232 Å². The number of fused-ring (bicyclic) bond motifs is 1. The van der Waals surface area contributed by atoms with Crippen LogP contribution in [0.4, 0.5) is 5.69 Å². The highest BCUT2D eigenvalue weighted by Gasteiger charge is 2.42. The lowest BCUT2D eigenvalue weighted by Gasteiger charge is -2.31. The van der Waals surface area contributed by atoms with Gasteiger partial charge in [-0.25, -0.2) is 0 Å². The number of rotatable bonds is 7. The third kappa shape index (κ3) is 5.78. The van der Waals surface area contributed by atoms with Crippen LogP contribution in [0.15, 0.2) is 36.4 Å². The Balaban J connectivity index is 1.17. The van der Waals surface area contributed by atoms with E-state index < -0.39 is 0 Å². The number of carbonyl (C=O) groups is 2. The summed E-state index contributed by atoms with van der Waals surface area (Å²) in [6.07, 6.45) is 2.70. The molecule has 0 aliphatic carbocycles. The molecule has 5 rings (SSSR count). The predicted octanol–water partition coefficient (Wildman–Crippen LogP) is 4.69. The third-order valence-electron chi connectivity index (χ3n) is 8.82. The lowest BCUT2D eigenvalue weighted by Crippen LogP contribution is -2.42. The number of piperidine rings is 1. The molecule has 3 aliphatic heterocycles. The van der Waals surface area contributed by atoms with Gasteiger partial charge in [0.25, 0.3) is 5.91 Å². The van der Waals surface area contributed by atoms with Crippen LogP contribution >= 0.6 is 11.6 Å². The maximum absolute atomic E-state index is 13.6. The Morgan fingerprint density at radius 3 is 2.24 bits per heavy atom. The van der Waals surface area contributed by atoms with Crippen molar-refractivity contribution < 1.29 is 9.59 Å². The Hall–Kier alpha value is -2.41. The molecule has 3 heterocycles. The zero-order valence-electron chi connectivity index (χ0n) is 23.0. The van der Waals surface area contributed by atoms with Crippen molar-refractivity contribution in [3.63, 3.8) is 0 Å². The van der Waals surface area contributed by atoms with E-state index in [4.69, 9.17) is 11.6 Å². The average molecular weight is 537 g/mol. The minimum atomic E-state index is 0.0721. The lowest BCUT2D eigenvalue weighted by atomic mass is 9.96. The van der Waals surface area contributed by atoms with Crippen molar-refractivity contribution >= 4 is 29.1 Å². The Kier molecular flexibility index (Phi) is 8.41. The molecule has 204 valence electrons. The number of benzene rings is 2. The Morgan fingerprint density at radius 1 is 0.947 bits per heavy atom. The molecule has 1 N–H and O–H groups in total. The molecule has 0 radical (unpaired) electrons. The molecule has 0 aromatic heterocycles. The fourth-order valence-electron chi connectivity index (χ4n) is 6.61. The number of nitrogens with one attached hydrogen (secondary N) is 1. The summed E-state index contributed by atoms with van der Waals surface area (Å²) < 4.78 is 0. The summed E-state index contributed by atoms with van der Waals surface area (Å²) in [4.78, 5) is 33.4. The van der Waals surface area contributed by atoms with Gasteiger partial charge in [0.15, 0.2) is 0 Å². The van der Waals surface area contributed by atoms with Crippen molar-refractivity contribution in [3.05, 3.63) is 63.7 Å². The smallest absolute Gasteiger partial charge is 0.254 e. The molecule has 2 aromatic rings. The van der Waals surface area contributed by atoms with Gasteiger partial charge in [0, 0.05) is 54.9 Å². The van der Waals surface area contributed by atoms with Crippen molar-refractivity contribution in [2.24, 2.45) is 17.8 Å². The fourth-order valence-corrected chi connectivity index (χ4v) is 6.78. The number of halogens is 1. The van der Waals surface area contributed by atoms with E-state index in [0.717, 1.165) is 93.0 Å². The summed E-state index contributed by atoms with van der Waals surface area (Å²) >= 11 is 6.45. The summed E-state index contributed by atoms with van der Waals surface area (Å²) in [5.74, 6) is 1.55. The highest BCUT2D eigenvalue weighted by atomic mass is 35.5. The second-order valence-corrected chi connectivity index (χ2v) is 12.0. The molecule has 38 heavy (non-hydrogen) atoms. The molecule has 3 fully saturated rings. The highest BCUT2D eigenvalue weighted by Crippen LogP contribution is 2.33. The van der Waals surface area contributed by atoms with Crippen LogP contribution in [-0.4, -0.2) is 74.0 Å². The molecular formula is C31H41ClN4O2. The first-order valence-corrected chi connectivity index (χ1v) is 14.6. The van der Waals surface area contributed by atoms with E-state index in [1.54, 1.807) is 0 Å². The number of hydrogen-bond donors (Lipinski definition) is 1. The fraction of sp³-hybridized carbons (Fsp3) is 0.548. The van der Waals surface area contributed by atoms with Gasteiger partial charge in [0.05, 0.1) is 0 Å². The molecular weight excluding hydrogens is 496 g/mol. The number of likely N-dealkylation sites (tertiary alicyclic amines) is 2. The van der Waals surface area contributed by atoms with Gasteiger partial charge in [-0.05, 0) is 100 Å². The van der Waals surface area contributed by atoms with Crippen molar-refractivity contribution in [1.29, 1.82) is 0 Å². The first-order chi connectivity index (χ1) is 18.3. The first kappa shape index (κ1) is 27.2. The molecule has 7 heteroatoms. The van der Waals surface area contributed by atoms with Crippen molar-refractivity contribution in [1.82, 2.24) is 15.1 Å². The minimum absolute atomic E-state index is 0.0721. The molecule has 2 amide bonds. The van der Waals surface area contributed by atoms with Crippen LogP contribution in [0.25, 0.3) is 0 Å². The van der Waals surface area contributed by atoms with Gasteiger partial charge in [-0.15, -0.1) is 0 Å². The minimum Gasteiger partial charge on any atom is -0.338 e. The molecule has 0 bridgehead atoms. The van der Waals surface area contributed by atoms with E-state index in [0.29, 0.717) is 23.4 Å². The van der Waals surface area contributed by atoms with Gasteiger partial charge < -0.3 is 20.0 Å². The summed E-state index contributed by atoms with van der Waals surface area (Å²) in [5.41, 5.74) is 4.93. The zero-order chi connectivity index (χ0) is 26.8. The highest BCUT2D eigenvalue weighted by molar-refractivity contribution is 6.31. The van der Waals surface area contributed by atoms with Crippen LogP contribution in [0, 0.1) is 38.5 Å². The van der Waals surface area contributed by atoms with Gasteiger partial charge in [-0.2, -0.15) is 0 Å². The number of nitrogens with zero attached hydrogens (tertiary/aromatic N) is 3. The maximum Gasteiger partial charge on any atom is 0.254 e. The number of amides is 2. The van der Waals surface area contributed by atoms with Gasteiger partial charge in [-0.1, -0.05) is 35.9 Å². The molecule has 3 saturated heterocycles. The van der Waals surface area contributed by atoms with Crippen molar-refractivity contribution in [3.8, 4) is 0 Å². The second-order valence-electron chi connectivity index (χ2n) is 11.6. The largest absolute Gasteiger partial charge is 0.338 e. The standard InChI is InChI=1S/C31H41ClN4O2/c1-21-8-9-27(16-28(21)32)36(30(37)24-10-12-33-13-11-24)15-5-14-34-17-25-19-35(20-26(25)18-34)31(38)29-22(2)6-4-7-23(29)3/h4,6-9,16,24-26,33H,5,10-15,17-20H2,1-3H3. The van der Waals surface area contributed by atoms with Crippen LogP contribution in [0.5, 0.6) is 0 Å². The van der Waals surface area contributed by atoms with Crippen LogP contribution in [-0.2, 0) is 4.79 Å². The van der Waals surface area contributed by atoms with Crippen molar-refractivity contribution in [2.75, 3.05) is 57.3 Å². The topological polar surface area (TPSA) is 55.9 Å². The Bertz CT molecular complexity index is 1140. The summed E-state index contributed by atoms with van der Waals surface area (Å²) in [6, 6.07) is 12.1. The van der Waals surface area contributed by atoms with E-state index in [-0.39, 0.29) is 17.7 Å². The maximum atomic E-state index is 13.6. The van der Waals surface area contributed by atoms with Gasteiger partial charge >= 0.3 is 0 Å². The van der Waals surface area contributed by atoms with E-state index in [1.807, 2.05) is 62.1 Å². The lowest BCUT2D eigenvalue weighted by molar-refractivity contribution is -0.123. The van der Waals surface area contributed by atoms with E-state index in [1.165, 1.54) is 0 Å². The molecule has 0 saturated carbocycles. The normalized spacial score (nSPS) is 22.1.